The number of sulfonamides is 1. The summed E-state index contributed by atoms with van der Waals surface area (Å²) >= 11 is 3.35. The van der Waals surface area contributed by atoms with Gasteiger partial charge in [-0.25, -0.2) is 13.1 Å². The minimum Gasteiger partial charge on any atom is -0.210 e. The van der Waals surface area contributed by atoms with Crippen LogP contribution >= 0.6 is 33.9 Å². The van der Waals surface area contributed by atoms with Crippen molar-refractivity contribution >= 4 is 44.0 Å². The first kappa shape index (κ1) is 10.4. The predicted molar refractivity (Wildman–Crippen MR) is 58.4 cm³/mol. The van der Waals surface area contributed by atoms with Crippen LogP contribution in [0, 0.1) is 0 Å². The summed E-state index contributed by atoms with van der Waals surface area (Å²) in [5.74, 6) is 0. The Kier molecular flexibility index (Phi) is 3.94. The molecule has 0 saturated carbocycles. The van der Waals surface area contributed by atoms with E-state index in [0.29, 0.717) is 10.8 Å². The highest BCUT2D eigenvalue weighted by Gasteiger charge is 2.12. The minimum atomic E-state index is -3.22. The van der Waals surface area contributed by atoms with Gasteiger partial charge in [-0.2, -0.15) is 0 Å². The van der Waals surface area contributed by atoms with Crippen molar-refractivity contribution in [1.82, 2.24) is 4.72 Å². The van der Waals surface area contributed by atoms with Crippen LogP contribution in [0.3, 0.4) is 0 Å². The second-order valence-corrected chi connectivity index (χ2v) is 6.04. The summed E-state index contributed by atoms with van der Waals surface area (Å²) in [7, 11) is -3.22. The maximum absolute atomic E-state index is 11.3. The van der Waals surface area contributed by atoms with Crippen LogP contribution in [0.1, 0.15) is 0 Å². The molecule has 0 aliphatic rings. The zero-order valence-electron chi connectivity index (χ0n) is 6.16. The quantitative estimate of drug-likeness (QED) is 0.675. The molecule has 1 aromatic rings. The minimum absolute atomic E-state index is 0.382. The van der Waals surface area contributed by atoms with Gasteiger partial charge in [0, 0.05) is 11.0 Å². The highest BCUT2D eigenvalue weighted by molar-refractivity contribution is 14.1. The van der Waals surface area contributed by atoms with E-state index in [1.165, 1.54) is 11.3 Å². The van der Waals surface area contributed by atoms with Crippen LogP contribution in [0.2, 0.25) is 0 Å². The summed E-state index contributed by atoms with van der Waals surface area (Å²) in [5, 5.41) is 1.75. The van der Waals surface area contributed by atoms with Crippen LogP contribution in [0.25, 0.3) is 0 Å². The van der Waals surface area contributed by atoms with Gasteiger partial charge in [0.2, 0.25) is 10.0 Å². The molecule has 1 aromatic heterocycles. The van der Waals surface area contributed by atoms with Gasteiger partial charge in [-0.05, 0) is 11.4 Å². The van der Waals surface area contributed by atoms with E-state index in [4.69, 9.17) is 0 Å². The van der Waals surface area contributed by atoms with Crippen molar-refractivity contribution in [2.75, 3.05) is 11.0 Å². The fourth-order valence-electron chi connectivity index (χ4n) is 0.660. The number of thiophene rings is 1. The van der Waals surface area contributed by atoms with E-state index in [9.17, 15) is 8.42 Å². The lowest BCUT2D eigenvalue weighted by atomic mass is 10.7. The molecule has 0 bridgehead atoms. The number of alkyl halides is 1. The Bertz CT molecular complexity index is 319. The summed E-state index contributed by atoms with van der Waals surface area (Å²) in [6, 6.07) is 3.32. The number of hydrogen-bond donors (Lipinski definition) is 1. The number of hydrogen-bond acceptors (Lipinski definition) is 3. The third-order valence-electron chi connectivity index (χ3n) is 1.15. The molecule has 0 saturated heterocycles. The summed E-state index contributed by atoms with van der Waals surface area (Å²) in [6.45, 7) is 0.487. The topological polar surface area (TPSA) is 46.2 Å². The van der Waals surface area contributed by atoms with Gasteiger partial charge in [0.1, 0.15) is 4.21 Å². The lowest BCUT2D eigenvalue weighted by molar-refractivity contribution is 0.586. The maximum atomic E-state index is 11.3. The molecule has 0 aromatic carbocycles. The first-order valence-electron chi connectivity index (χ1n) is 3.26. The highest BCUT2D eigenvalue weighted by atomic mass is 127. The van der Waals surface area contributed by atoms with Gasteiger partial charge in [0.05, 0.1) is 0 Å². The maximum Gasteiger partial charge on any atom is 0.250 e. The second-order valence-electron chi connectivity index (χ2n) is 2.02. The Morgan fingerprint density at radius 2 is 2.33 bits per heavy atom. The van der Waals surface area contributed by atoms with Crippen LogP contribution < -0.4 is 4.72 Å². The Morgan fingerprint density at radius 3 is 2.83 bits per heavy atom. The average molecular weight is 317 g/mol. The average Bonchev–Trinajstić information content (AvgIpc) is 2.53. The van der Waals surface area contributed by atoms with Crippen molar-refractivity contribution in [2.45, 2.75) is 4.21 Å². The third-order valence-corrected chi connectivity index (χ3v) is 4.54. The molecular formula is C6H8INO2S2. The lowest BCUT2D eigenvalue weighted by Crippen LogP contribution is -2.24. The molecule has 0 aliphatic heterocycles. The Hall–Kier alpha value is 0.340. The van der Waals surface area contributed by atoms with Gasteiger partial charge < -0.3 is 0 Å². The molecule has 0 unspecified atom stereocenters. The number of rotatable bonds is 4. The van der Waals surface area contributed by atoms with Gasteiger partial charge in [-0.3, -0.25) is 0 Å². The molecule has 0 aliphatic carbocycles. The second kappa shape index (κ2) is 4.54. The molecule has 12 heavy (non-hydrogen) atoms. The monoisotopic (exact) mass is 317 g/mol. The predicted octanol–water partition coefficient (Wildman–Crippen LogP) is 1.46. The van der Waals surface area contributed by atoms with Gasteiger partial charge in [-0.1, -0.05) is 28.7 Å². The first-order valence-corrected chi connectivity index (χ1v) is 7.15. The van der Waals surface area contributed by atoms with Crippen LogP contribution in [-0.2, 0) is 10.0 Å². The van der Waals surface area contributed by atoms with Crippen molar-refractivity contribution in [2.24, 2.45) is 0 Å². The van der Waals surface area contributed by atoms with Gasteiger partial charge in [-0.15, -0.1) is 11.3 Å². The van der Waals surface area contributed by atoms with Crippen molar-refractivity contribution in [3.8, 4) is 0 Å². The fourth-order valence-corrected chi connectivity index (χ4v) is 3.37. The highest BCUT2D eigenvalue weighted by Crippen LogP contribution is 2.14. The summed E-state index contributed by atoms with van der Waals surface area (Å²) in [4.78, 5) is 0. The van der Waals surface area contributed by atoms with Crippen molar-refractivity contribution in [1.29, 1.82) is 0 Å². The number of halogens is 1. The Balaban J connectivity index is 2.74. The van der Waals surface area contributed by atoms with Gasteiger partial charge in [0.15, 0.2) is 0 Å². The van der Waals surface area contributed by atoms with Gasteiger partial charge in [0.25, 0.3) is 0 Å². The molecule has 3 nitrogen and oxygen atoms in total. The summed E-state index contributed by atoms with van der Waals surface area (Å²) in [5.41, 5.74) is 0. The smallest absolute Gasteiger partial charge is 0.210 e. The molecule has 0 amide bonds. The molecule has 0 fully saturated rings. The van der Waals surface area contributed by atoms with Crippen LogP contribution in [0.15, 0.2) is 21.7 Å². The summed E-state index contributed by atoms with van der Waals surface area (Å²) in [6.07, 6.45) is 0. The van der Waals surface area contributed by atoms with E-state index in [0.717, 1.165) is 4.43 Å². The van der Waals surface area contributed by atoms with E-state index in [2.05, 4.69) is 27.3 Å². The zero-order chi connectivity index (χ0) is 9.03. The zero-order valence-corrected chi connectivity index (χ0v) is 9.95. The van der Waals surface area contributed by atoms with E-state index < -0.39 is 10.0 Å². The molecule has 1 heterocycles. The first-order chi connectivity index (χ1) is 5.67. The van der Waals surface area contributed by atoms with E-state index in [1.54, 1.807) is 17.5 Å². The molecule has 6 heteroatoms. The molecule has 68 valence electrons. The van der Waals surface area contributed by atoms with Gasteiger partial charge >= 0.3 is 0 Å². The van der Waals surface area contributed by atoms with Crippen LogP contribution in [0.4, 0.5) is 0 Å². The SMILES string of the molecule is O=S(=O)(NCCI)c1cccs1. The molecular weight excluding hydrogens is 309 g/mol. The van der Waals surface area contributed by atoms with E-state index in [-0.39, 0.29) is 0 Å². The largest absolute Gasteiger partial charge is 0.250 e. The van der Waals surface area contributed by atoms with Crippen molar-refractivity contribution in [3.05, 3.63) is 17.5 Å². The molecule has 0 radical (unpaired) electrons. The van der Waals surface area contributed by atoms with Crippen molar-refractivity contribution in [3.63, 3.8) is 0 Å². The lowest BCUT2D eigenvalue weighted by Gasteiger charge is -2.00. The molecule has 0 atom stereocenters. The normalized spacial score (nSPS) is 11.8. The third kappa shape index (κ3) is 2.68. The molecule has 0 spiro atoms. The number of nitrogens with one attached hydrogen (secondary N) is 1. The molecule has 1 N–H and O–H groups in total. The van der Waals surface area contributed by atoms with Crippen molar-refractivity contribution < 1.29 is 8.42 Å². The van der Waals surface area contributed by atoms with Crippen LogP contribution in [0.5, 0.6) is 0 Å². The standard InChI is InChI=1S/C6H8INO2S2/c7-3-4-8-12(9,10)6-2-1-5-11-6/h1-2,5,8H,3-4H2. The van der Waals surface area contributed by atoms with E-state index in [1.807, 2.05) is 0 Å². The Morgan fingerprint density at radius 1 is 1.58 bits per heavy atom. The molecule has 1 rings (SSSR count). The Labute approximate surface area is 89.4 Å². The summed E-state index contributed by atoms with van der Waals surface area (Å²) < 4.78 is 26.3. The van der Waals surface area contributed by atoms with Crippen LogP contribution in [-0.4, -0.2) is 19.4 Å². The van der Waals surface area contributed by atoms with E-state index >= 15 is 0 Å². The fraction of sp³-hybridized carbons (Fsp3) is 0.333.